The second kappa shape index (κ2) is 26.7. The number of carbonyl (C=O) groups is 2. The minimum atomic E-state index is -2.93. The Bertz CT molecular complexity index is 3100. The zero-order chi connectivity index (χ0) is 54.9. The SMILES string of the molecule is O=C([O-])COC1(c2ccc(OCc3cccc(-c4ccc(OCC5CCS(=O)(=O)C5)cc4Cl)c3)cc2)COC1.O=C([O-])COC1(c2ccc(OCc3cccc(-c4ccc(OCC5CCS(=O)(=O)C5)cc4Cl)c3)cc2)COC1.[Ca+2]. The molecule has 0 aromatic heterocycles. The number of carboxylic acids is 2. The third-order valence-corrected chi connectivity index (χ3v) is 18.1. The van der Waals surface area contributed by atoms with E-state index in [9.17, 15) is 36.6 Å². The number of rotatable bonds is 22. The predicted molar refractivity (Wildman–Crippen MR) is 293 cm³/mol. The van der Waals surface area contributed by atoms with Crippen molar-refractivity contribution in [1.29, 1.82) is 0 Å². The fraction of sp³-hybridized carbons (Fsp3) is 0.345. The number of carbonyl (C=O) groups excluding carboxylic acids is 2. The number of benzene rings is 6. The molecule has 21 heteroatoms. The zero-order valence-electron chi connectivity index (χ0n) is 43.0. The zero-order valence-corrected chi connectivity index (χ0v) is 48.3. The van der Waals surface area contributed by atoms with Gasteiger partial charge in [0.15, 0.2) is 19.7 Å². The van der Waals surface area contributed by atoms with Crippen molar-refractivity contribution in [1.82, 2.24) is 0 Å². The summed E-state index contributed by atoms with van der Waals surface area (Å²) in [5.41, 5.74) is 5.57. The van der Waals surface area contributed by atoms with E-state index >= 15 is 0 Å². The van der Waals surface area contributed by atoms with Crippen LogP contribution in [0.25, 0.3) is 22.3 Å². The summed E-state index contributed by atoms with van der Waals surface area (Å²) in [6.45, 7) is 1.53. The van der Waals surface area contributed by atoms with Crippen molar-refractivity contribution in [3.8, 4) is 45.3 Å². The molecule has 2 unspecified atom stereocenters. The molecule has 16 nitrogen and oxygen atoms in total. The van der Waals surface area contributed by atoms with Gasteiger partial charge in [-0.3, -0.25) is 0 Å². The third kappa shape index (κ3) is 16.2. The number of ether oxygens (including phenoxy) is 8. The van der Waals surface area contributed by atoms with Crippen LogP contribution in [-0.2, 0) is 72.6 Å². The maximum absolute atomic E-state index is 11.7. The van der Waals surface area contributed by atoms with Crippen LogP contribution in [0.2, 0.25) is 10.0 Å². The van der Waals surface area contributed by atoms with Crippen LogP contribution in [0.5, 0.6) is 23.0 Å². The van der Waals surface area contributed by atoms with Gasteiger partial charge in [-0.1, -0.05) is 83.9 Å². The molecule has 4 heterocycles. The van der Waals surface area contributed by atoms with Gasteiger partial charge in [0, 0.05) is 23.0 Å². The Kier molecular flexibility index (Phi) is 20.4. The summed E-state index contributed by atoms with van der Waals surface area (Å²) in [6.07, 6.45) is 1.25. The number of sulfone groups is 2. The summed E-state index contributed by atoms with van der Waals surface area (Å²) in [6, 6.07) is 41.4. The summed E-state index contributed by atoms with van der Waals surface area (Å²) in [7, 11) is -5.87. The molecule has 0 saturated carbocycles. The van der Waals surface area contributed by atoms with Crippen LogP contribution < -0.4 is 29.2 Å². The third-order valence-electron chi connectivity index (χ3n) is 13.8. The average Bonchev–Trinajstić information content (AvgIpc) is 3.96. The van der Waals surface area contributed by atoms with Gasteiger partial charge >= 0.3 is 37.7 Å². The Morgan fingerprint density at radius 3 is 1.22 bits per heavy atom. The van der Waals surface area contributed by atoms with Crippen LogP contribution in [-0.4, -0.2) is 142 Å². The summed E-state index contributed by atoms with van der Waals surface area (Å²) in [5.74, 6) is 0.818. The fourth-order valence-corrected chi connectivity index (χ4v) is 13.7. The second-order valence-corrected chi connectivity index (χ2v) is 25.0. The Morgan fingerprint density at radius 2 is 0.899 bits per heavy atom. The normalized spacial score (nSPS) is 19.0. The second-order valence-electron chi connectivity index (χ2n) is 19.8. The molecule has 4 aliphatic rings. The van der Waals surface area contributed by atoms with E-state index in [1.54, 1.807) is 12.1 Å². The minimum absolute atomic E-state index is 0. The van der Waals surface area contributed by atoms with Gasteiger partial charge in [-0.15, -0.1) is 0 Å². The molecule has 4 aliphatic heterocycles. The van der Waals surface area contributed by atoms with Crippen molar-refractivity contribution >= 4 is 92.6 Å². The molecule has 79 heavy (non-hydrogen) atoms. The van der Waals surface area contributed by atoms with E-state index < -0.39 is 56.0 Å². The minimum Gasteiger partial charge on any atom is -0.548 e. The van der Waals surface area contributed by atoms with Crippen LogP contribution in [0.15, 0.2) is 133 Å². The first-order valence-electron chi connectivity index (χ1n) is 25.2. The smallest absolute Gasteiger partial charge is 0.548 e. The van der Waals surface area contributed by atoms with Crippen LogP contribution in [0, 0.1) is 11.8 Å². The average molecular weight is 1180 g/mol. The maximum Gasteiger partial charge on any atom is 2.00 e. The number of aliphatic carboxylic acids is 2. The van der Waals surface area contributed by atoms with E-state index in [4.69, 9.17) is 61.1 Å². The Hall–Kier alpha value is -4.96. The summed E-state index contributed by atoms with van der Waals surface area (Å²) in [5, 5.41) is 22.7. The maximum atomic E-state index is 11.7. The number of halogens is 2. The van der Waals surface area contributed by atoms with Gasteiger partial charge in [0.05, 0.1) is 97.9 Å². The molecule has 4 saturated heterocycles. The monoisotopic (exact) mass is 1180 g/mol. The predicted octanol–water partition coefficient (Wildman–Crippen LogP) is 6.40. The van der Waals surface area contributed by atoms with E-state index in [1.807, 2.05) is 121 Å². The molecule has 412 valence electrons. The molecule has 10 rings (SSSR count). The van der Waals surface area contributed by atoms with Crippen LogP contribution in [0.1, 0.15) is 35.1 Å². The summed E-state index contributed by atoms with van der Waals surface area (Å²) >= 11 is 13.2. The molecule has 0 bridgehead atoms. The molecule has 4 fully saturated rings. The van der Waals surface area contributed by atoms with E-state index in [0.717, 1.165) is 44.5 Å². The molecule has 0 radical (unpaired) electrons. The number of hydrogen-bond donors (Lipinski definition) is 0. The van der Waals surface area contributed by atoms with Crippen molar-refractivity contribution in [2.45, 2.75) is 37.3 Å². The van der Waals surface area contributed by atoms with Crippen molar-refractivity contribution < 1.29 is 74.5 Å². The van der Waals surface area contributed by atoms with Gasteiger partial charge in [0.25, 0.3) is 0 Å². The van der Waals surface area contributed by atoms with Gasteiger partial charge < -0.3 is 57.7 Å². The fourth-order valence-electron chi connectivity index (χ4n) is 9.41. The number of hydrogen-bond acceptors (Lipinski definition) is 16. The molecule has 2 atom stereocenters. The molecule has 6 aromatic carbocycles. The van der Waals surface area contributed by atoms with Crippen molar-refractivity contribution in [2.75, 3.05) is 75.9 Å². The first-order chi connectivity index (χ1) is 37.4. The largest absolute Gasteiger partial charge is 2.00 e. The van der Waals surface area contributed by atoms with E-state index in [1.165, 1.54) is 0 Å². The van der Waals surface area contributed by atoms with Gasteiger partial charge in [-0.25, -0.2) is 16.8 Å². The standard InChI is InChI=1S/2C29H29ClO8S.Ca/c2*30-27-13-25(37-15-21-10-11-39(33,34)17-21)8-9-26(27)22-3-1-2-20(12-22)14-36-24-6-4-23(5-7-24)29(18-35-19-29)38-16-28(31)32;/h2*1-9,12-13,21H,10-11,14-19H2,(H,31,32);/q;;+2/p-2. The van der Waals surface area contributed by atoms with Crippen molar-refractivity contribution in [3.05, 3.63) is 166 Å². The van der Waals surface area contributed by atoms with Crippen LogP contribution >= 0.6 is 23.2 Å². The summed E-state index contributed by atoms with van der Waals surface area (Å²) < 4.78 is 91.8. The van der Waals surface area contributed by atoms with Crippen LogP contribution in [0.3, 0.4) is 0 Å². The van der Waals surface area contributed by atoms with Gasteiger partial charge in [0.2, 0.25) is 0 Å². The van der Waals surface area contributed by atoms with Crippen LogP contribution in [0.4, 0.5) is 0 Å². The molecular formula is C58H56CaCl2O16S2. The molecule has 6 aromatic rings. The first-order valence-corrected chi connectivity index (χ1v) is 29.6. The van der Waals surface area contributed by atoms with E-state index in [0.29, 0.717) is 72.3 Å². The number of carboxylic acid groups (broad SMARTS) is 2. The Labute approximate surface area is 499 Å². The summed E-state index contributed by atoms with van der Waals surface area (Å²) in [4.78, 5) is 21.6. The molecule has 0 amide bonds. The molecular weight excluding hydrogens is 1130 g/mol. The molecule has 0 spiro atoms. The van der Waals surface area contributed by atoms with Gasteiger partial charge in [-0.2, -0.15) is 0 Å². The van der Waals surface area contributed by atoms with E-state index in [2.05, 4.69) is 0 Å². The van der Waals surface area contributed by atoms with E-state index in [-0.39, 0.29) is 99.0 Å². The first kappa shape index (κ1) is 60.1. The van der Waals surface area contributed by atoms with Crippen molar-refractivity contribution in [3.63, 3.8) is 0 Å². The van der Waals surface area contributed by atoms with Gasteiger partial charge in [-0.05, 0) is 119 Å². The molecule has 0 aliphatic carbocycles. The Morgan fingerprint density at radius 1 is 0.519 bits per heavy atom. The quantitative estimate of drug-likeness (QED) is 0.0671. The van der Waals surface area contributed by atoms with Gasteiger partial charge in [0.1, 0.15) is 47.4 Å². The topological polar surface area (TPSA) is 222 Å². The van der Waals surface area contributed by atoms with Crippen molar-refractivity contribution in [2.24, 2.45) is 11.8 Å². The molecule has 0 N–H and O–H groups in total. The Balaban J connectivity index is 0.000000205.